The van der Waals surface area contributed by atoms with E-state index < -0.39 is 0 Å². The molecule has 4 nitrogen and oxygen atoms in total. The van der Waals surface area contributed by atoms with Gasteiger partial charge in [0.1, 0.15) is 0 Å². The molecule has 2 unspecified atom stereocenters. The van der Waals surface area contributed by atoms with Crippen molar-refractivity contribution in [3.05, 3.63) is 0 Å². The molecule has 1 amide bonds. The van der Waals surface area contributed by atoms with Crippen LogP contribution in [0.1, 0.15) is 6.92 Å². The van der Waals surface area contributed by atoms with Gasteiger partial charge in [-0.1, -0.05) is 0 Å². The first-order valence-electron chi connectivity index (χ1n) is 4.91. The molecule has 2 aliphatic heterocycles. The molecule has 4 heteroatoms. The second kappa shape index (κ2) is 3.27. The van der Waals surface area contributed by atoms with E-state index in [4.69, 9.17) is 0 Å². The fourth-order valence-electron chi connectivity index (χ4n) is 2.12. The topological polar surface area (TPSA) is 35.6 Å². The molecule has 2 atom stereocenters. The van der Waals surface area contributed by atoms with Crippen molar-refractivity contribution in [1.29, 1.82) is 0 Å². The lowest BCUT2D eigenvalue weighted by Crippen LogP contribution is -2.65. The third-order valence-corrected chi connectivity index (χ3v) is 3.00. The maximum Gasteiger partial charge on any atom is 0.239 e. The number of rotatable bonds is 0. The van der Waals surface area contributed by atoms with Crippen molar-refractivity contribution in [1.82, 2.24) is 15.1 Å². The normalized spacial score (nSPS) is 36.2. The van der Waals surface area contributed by atoms with Gasteiger partial charge < -0.3 is 15.1 Å². The number of nitrogens with zero attached hydrogens (tertiary/aromatic N) is 2. The van der Waals surface area contributed by atoms with Gasteiger partial charge in [-0.15, -0.1) is 0 Å². The van der Waals surface area contributed by atoms with Gasteiger partial charge in [0.2, 0.25) is 5.91 Å². The number of likely N-dealkylation sites (N-methyl/N-ethyl adjacent to an activating group) is 1. The van der Waals surface area contributed by atoms with Crippen LogP contribution < -0.4 is 5.32 Å². The highest BCUT2D eigenvalue weighted by atomic mass is 16.2. The number of carbonyl (C=O) groups excluding carboxylic acids is 1. The highest BCUT2D eigenvalue weighted by Crippen LogP contribution is 2.13. The lowest BCUT2D eigenvalue weighted by Gasteiger charge is -2.44. The minimum absolute atomic E-state index is 0.0136. The smallest absolute Gasteiger partial charge is 0.239 e. The minimum atomic E-state index is 0.0136. The van der Waals surface area contributed by atoms with E-state index in [2.05, 4.69) is 17.3 Å². The zero-order valence-corrected chi connectivity index (χ0v) is 8.29. The molecule has 2 heterocycles. The predicted octanol–water partition coefficient (Wildman–Crippen LogP) is -0.879. The van der Waals surface area contributed by atoms with Crippen molar-refractivity contribution < 1.29 is 4.79 Å². The van der Waals surface area contributed by atoms with E-state index in [1.165, 1.54) is 0 Å². The minimum Gasteiger partial charge on any atom is -0.335 e. The Morgan fingerprint density at radius 3 is 3.00 bits per heavy atom. The van der Waals surface area contributed by atoms with Crippen LogP contribution in [0.2, 0.25) is 0 Å². The highest BCUT2D eigenvalue weighted by Gasteiger charge is 2.35. The van der Waals surface area contributed by atoms with E-state index in [1.807, 2.05) is 11.8 Å². The van der Waals surface area contributed by atoms with Gasteiger partial charge in [-0.3, -0.25) is 4.79 Å². The summed E-state index contributed by atoms with van der Waals surface area (Å²) < 4.78 is 0. The zero-order valence-electron chi connectivity index (χ0n) is 8.29. The van der Waals surface area contributed by atoms with Crippen molar-refractivity contribution in [2.75, 3.05) is 33.2 Å². The van der Waals surface area contributed by atoms with E-state index in [0.717, 1.165) is 26.2 Å². The molecule has 74 valence electrons. The summed E-state index contributed by atoms with van der Waals surface area (Å²) in [6.07, 6.45) is 0. The molecule has 2 saturated heterocycles. The molecule has 0 aromatic carbocycles. The second-order valence-electron chi connectivity index (χ2n) is 4.08. The zero-order chi connectivity index (χ0) is 9.42. The molecule has 0 aliphatic carbocycles. The van der Waals surface area contributed by atoms with Crippen molar-refractivity contribution in [2.45, 2.75) is 19.0 Å². The van der Waals surface area contributed by atoms with Crippen LogP contribution in [-0.4, -0.2) is 61.0 Å². The van der Waals surface area contributed by atoms with E-state index in [0.29, 0.717) is 6.04 Å². The van der Waals surface area contributed by atoms with Gasteiger partial charge in [0.25, 0.3) is 0 Å². The maximum absolute atomic E-state index is 11.7. The van der Waals surface area contributed by atoms with Crippen LogP contribution in [0.3, 0.4) is 0 Å². The van der Waals surface area contributed by atoms with Crippen LogP contribution >= 0.6 is 0 Å². The molecule has 13 heavy (non-hydrogen) atoms. The summed E-state index contributed by atoms with van der Waals surface area (Å²) in [6, 6.07) is 0.405. The molecule has 0 aromatic rings. The summed E-state index contributed by atoms with van der Waals surface area (Å²) >= 11 is 0. The van der Waals surface area contributed by atoms with Crippen molar-refractivity contribution >= 4 is 5.91 Å². The van der Waals surface area contributed by atoms with E-state index in [1.54, 1.807) is 0 Å². The highest BCUT2D eigenvalue weighted by molar-refractivity contribution is 5.82. The molecule has 0 spiro atoms. The Bertz CT molecular complexity index is 219. The third kappa shape index (κ3) is 1.56. The van der Waals surface area contributed by atoms with E-state index in [-0.39, 0.29) is 11.9 Å². The summed E-state index contributed by atoms with van der Waals surface area (Å²) in [5.41, 5.74) is 0. The maximum atomic E-state index is 11.7. The van der Waals surface area contributed by atoms with Crippen molar-refractivity contribution in [3.63, 3.8) is 0 Å². The average molecular weight is 183 g/mol. The van der Waals surface area contributed by atoms with Crippen molar-refractivity contribution in [3.8, 4) is 0 Å². The summed E-state index contributed by atoms with van der Waals surface area (Å²) in [5, 5.41) is 3.23. The lowest BCUT2D eigenvalue weighted by molar-refractivity contribution is -0.140. The Labute approximate surface area is 78.9 Å². The molecule has 1 N–H and O–H groups in total. The summed E-state index contributed by atoms with van der Waals surface area (Å²) in [6.45, 7) is 5.79. The molecule has 0 saturated carbocycles. The first kappa shape index (κ1) is 8.97. The standard InChI is InChI=1S/C9H17N3O/c1-7-9(13)12-4-3-11(2)6-8(12)5-10-7/h7-8,10H,3-6H2,1-2H3. The molecular formula is C9H17N3O. The number of hydrogen-bond donors (Lipinski definition) is 1. The molecule has 2 fully saturated rings. The van der Waals surface area contributed by atoms with Gasteiger partial charge >= 0.3 is 0 Å². The van der Waals surface area contributed by atoms with Gasteiger partial charge in [0.05, 0.1) is 12.1 Å². The van der Waals surface area contributed by atoms with E-state index in [9.17, 15) is 4.79 Å². The molecule has 0 bridgehead atoms. The van der Waals surface area contributed by atoms with Crippen LogP contribution in [0.5, 0.6) is 0 Å². The Hall–Kier alpha value is -0.610. The molecule has 0 aromatic heterocycles. The Morgan fingerprint density at radius 2 is 2.23 bits per heavy atom. The Balaban J connectivity index is 2.06. The number of nitrogens with one attached hydrogen (secondary N) is 1. The predicted molar refractivity (Wildman–Crippen MR) is 50.5 cm³/mol. The van der Waals surface area contributed by atoms with Gasteiger partial charge in [-0.25, -0.2) is 0 Å². The largest absolute Gasteiger partial charge is 0.335 e. The van der Waals surface area contributed by atoms with Crippen LogP contribution in [0.15, 0.2) is 0 Å². The molecule has 2 aliphatic rings. The van der Waals surface area contributed by atoms with Crippen LogP contribution in [-0.2, 0) is 4.79 Å². The van der Waals surface area contributed by atoms with Gasteiger partial charge in [0.15, 0.2) is 0 Å². The fourth-order valence-corrected chi connectivity index (χ4v) is 2.12. The first-order chi connectivity index (χ1) is 6.18. The van der Waals surface area contributed by atoms with Gasteiger partial charge in [-0.2, -0.15) is 0 Å². The number of hydrogen-bond acceptors (Lipinski definition) is 3. The second-order valence-corrected chi connectivity index (χ2v) is 4.08. The average Bonchev–Trinajstić information content (AvgIpc) is 2.12. The molecular weight excluding hydrogens is 166 g/mol. The first-order valence-corrected chi connectivity index (χ1v) is 4.91. The molecule has 0 radical (unpaired) electrons. The number of carbonyl (C=O) groups is 1. The van der Waals surface area contributed by atoms with Crippen molar-refractivity contribution in [2.24, 2.45) is 0 Å². The Kier molecular flexibility index (Phi) is 2.26. The number of piperazine rings is 2. The fraction of sp³-hybridized carbons (Fsp3) is 0.889. The quantitative estimate of drug-likeness (QED) is 0.530. The summed E-state index contributed by atoms with van der Waals surface area (Å²) in [4.78, 5) is 16.0. The Morgan fingerprint density at radius 1 is 1.46 bits per heavy atom. The summed E-state index contributed by atoms with van der Waals surface area (Å²) in [5.74, 6) is 0.268. The van der Waals surface area contributed by atoms with Crippen LogP contribution in [0, 0.1) is 0 Å². The monoisotopic (exact) mass is 183 g/mol. The van der Waals surface area contributed by atoms with Gasteiger partial charge in [0, 0.05) is 26.2 Å². The summed E-state index contributed by atoms with van der Waals surface area (Å²) in [7, 11) is 2.11. The van der Waals surface area contributed by atoms with Gasteiger partial charge in [-0.05, 0) is 14.0 Å². The number of amides is 1. The van der Waals surface area contributed by atoms with E-state index >= 15 is 0 Å². The number of fused-ring (bicyclic) bond motifs is 1. The molecule has 2 rings (SSSR count). The van der Waals surface area contributed by atoms with Crippen LogP contribution in [0.25, 0.3) is 0 Å². The third-order valence-electron chi connectivity index (χ3n) is 3.00. The SMILES string of the molecule is CC1NCC2CN(C)CCN2C1=O. The van der Waals surface area contributed by atoms with Crippen LogP contribution in [0.4, 0.5) is 0 Å². The lowest BCUT2D eigenvalue weighted by atomic mass is 10.1.